The smallest absolute Gasteiger partial charge is 0.269 e. The van der Waals surface area contributed by atoms with Crippen LogP contribution in [0.1, 0.15) is 48.3 Å². The first-order chi connectivity index (χ1) is 16.7. The third-order valence-electron chi connectivity index (χ3n) is 7.08. The molecule has 0 bridgehead atoms. The van der Waals surface area contributed by atoms with Gasteiger partial charge in [0.15, 0.2) is 5.69 Å². The van der Waals surface area contributed by atoms with Crippen LogP contribution in [0.2, 0.25) is 5.02 Å². The maximum absolute atomic E-state index is 14.5. The van der Waals surface area contributed by atoms with E-state index >= 15 is 0 Å². The lowest BCUT2D eigenvalue weighted by molar-refractivity contribution is -0.140. The second-order valence-electron chi connectivity index (χ2n) is 9.24. The molecule has 0 radical (unpaired) electrons. The molecule has 182 valence electrons. The van der Waals surface area contributed by atoms with Crippen molar-refractivity contribution in [2.75, 3.05) is 6.54 Å². The summed E-state index contributed by atoms with van der Waals surface area (Å²) in [6, 6.07) is 4.96. The van der Waals surface area contributed by atoms with E-state index < -0.39 is 23.8 Å². The average Bonchev–Trinajstić information content (AvgIpc) is 3.35. The molecule has 9 nitrogen and oxygen atoms in total. The first-order valence-corrected chi connectivity index (χ1v) is 11.7. The number of aromatic nitrogens is 3. The van der Waals surface area contributed by atoms with Crippen LogP contribution in [-0.2, 0) is 16.1 Å². The molecule has 1 saturated heterocycles. The van der Waals surface area contributed by atoms with Gasteiger partial charge in [0.1, 0.15) is 18.4 Å². The number of pyridine rings is 1. The molecule has 2 atom stereocenters. The lowest BCUT2D eigenvalue weighted by Gasteiger charge is -2.29. The molecule has 1 saturated carbocycles. The van der Waals surface area contributed by atoms with Crippen LogP contribution in [0.5, 0.6) is 0 Å². The molecule has 1 aromatic carbocycles. The molecule has 1 spiro atoms. The van der Waals surface area contributed by atoms with E-state index in [-0.39, 0.29) is 40.1 Å². The number of likely N-dealkylation sites (tertiary alicyclic amines) is 1. The molecule has 2 aromatic heterocycles. The third kappa shape index (κ3) is 4.01. The van der Waals surface area contributed by atoms with Crippen LogP contribution in [0.25, 0.3) is 10.9 Å². The maximum atomic E-state index is 14.5. The Hall–Kier alpha value is -3.53. The molecule has 3 N–H and O–H groups in total. The number of benzene rings is 1. The highest BCUT2D eigenvalue weighted by Gasteiger charge is 2.59. The second kappa shape index (κ2) is 8.60. The fraction of sp³-hybridized carbons (Fsp3) is 0.375. The van der Waals surface area contributed by atoms with Gasteiger partial charge < -0.3 is 16.0 Å². The van der Waals surface area contributed by atoms with E-state index in [9.17, 15) is 18.8 Å². The third-order valence-corrected chi connectivity index (χ3v) is 7.37. The van der Waals surface area contributed by atoms with Crippen molar-refractivity contribution in [1.82, 2.24) is 25.0 Å². The van der Waals surface area contributed by atoms with Crippen molar-refractivity contribution in [2.45, 2.75) is 44.8 Å². The zero-order valence-electron chi connectivity index (χ0n) is 19.0. The summed E-state index contributed by atoms with van der Waals surface area (Å²) in [7, 11) is 0. The number of rotatable bonds is 6. The van der Waals surface area contributed by atoms with Gasteiger partial charge in [-0.25, -0.2) is 4.39 Å². The second-order valence-corrected chi connectivity index (χ2v) is 9.65. The Kier molecular flexibility index (Phi) is 5.71. The average molecular weight is 499 g/mol. The van der Waals surface area contributed by atoms with Gasteiger partial charge >= 0.3 is 0 Å². The van der Waals surface area contributed by atoms with Crippen LogP contribution in [0, 0.1) is 11.2 Å². The Morgan fingerprint density at radius 2 is 2.06 bits per heavy atom. The van der Waals surface area contributed by atoms with E-state index in [1.165, 1.54) is 23.1 Å². The zero-order chi connectivity index (χ0) is 24.9. The van der Waals surface area contributed by atoms with Crippen LogP contribution in [0.4, 0.5) is 4.39 Å². The fourth-order valence-corrected chi connectivity index (χ4v) is 5.26. The predicted octanol–water partition coefficient (Wildman–Crippen LogP) is 2.58. The molecular formula is C24H24ClFN6O3. The molecule has 5 rings (SSSR count). The summed E-state index contributed by atoms with van der Waals surface area (Å²) in [4.78, 5) is 44.2. The molecule has 3 heterocycles. The number of amides is 3. The monoisotopic (exact) mass is 498 g/mol. The van der Waals surface area contributed by atoms with Crippen LogP contribution < -0.4 is 11.1 Å². The molecule has 1 aliphatic carbocycles. The Morgan fingerprint density at radius 3 is 2.77 bits per heavy atom. The molecule has 2 aliphatic rings. The van der Waals surface area contributed by atoms with E-state index in [1.54, 1.807) is 30.0 Å². The summed E-state index contributed by atoms with van der Waals surface area (Å²) in [6.07, 6.45) is 5.43. The number of hydrogen-bond donors (Lipinski definition) is 2. The van der Waals surface area contributed by atoms with E-state index in [4.69, 9.17) is 17.3 Å². The number of nitrogens with zero attached hydrogens (tertiary/aromatic N) is 4. The SMILES string of the molecule is C[C@@H](NC(=O)[C@H]1N(C(=O)Cn2nc(C(N)=O)c3ccncc32)CCC12CC2)c1cccc(Cl)c1F. The summed E-state index contributed by atoms with van der Waals surface area (Å²) in [5.74, 6) is -1.92. The first-order valence-electron chi connectivity index (χ1n) is 11.4. The molecule has 11 heteroatoms. The Balaban J connectivity index is 1.38. The van der Waals surface area contributed by atoms with Crippen molar-refractivity contribution >= 4 is 40.2 Å². The van der Waals surface area contributed by atoms with Crippen molar-refractivity contribution in [2.24, 2.45) is 11.1 Å². The zero-order valence-corrected chi connectivity index (χ0v) is 19.8. The predicted molar refractivity (Wildman–Crippen MR) is 126 cm³/mol. The molecule has 3 aromatic rings. The van der Waals surface area contributed by atoms with Gasteiger partial charge in [-0.1, -0.05) is 23.7 Å². The van der Waals surface area contributed by atoms with Gasteiger partial charge in [0.05, 0.1) is 22.8 Å². The van der Waals surface area contributed by atoms with Gasteiger partial charge in [-0.3, -0.25) is 24.0 Å². The first kappa shape index (κ1) is 23.2. The van der Waals surface area contributed by atoms with E-state index in [1.807, 2.05) is 0 Å². The van der Waals surface area contributed by atoms with Crippen LogP contribution in [-0.4, -0.2) is 50.0 Å². The minimum Gasteiger partial charge on any atom is -0.364 e. The Bertz CT molecular complexity index is 1350. The topological polar surface area (TPSA) is 123 Å². The maximum Gasteiger partial charge on any atom is 0.269 e. The van der Waals surface area contributed by atoms with Crippen molar-refractivity contribution < 1.29 is 18.8 Å². The number of carbonyl (C=O) groups excluding carboxylic acids is 3. The number of carbonyl (C=O) groups is 3. The number of nitrogens with two attached hydrogens (primary N) is 1. The van der Waals surface area contributed by atoms with Gasteiger partial charge in [0.25, 0.3) is 5.91 Å². The number of nitrogens with one attached hydrogen (secondary N) is 1. The van der Waals surface area contributed by atoms with E-state index in [0.29, 0.717) is 23.9 Å². The van der Waals surface area contributed by atoms with Crippen molar-refractivity contribution in [3.05, 3.63) is 58.8 Å². The van der Waals surface area contributed by atoms with Crippen LogP contribution in [0.3, 0.4) is 0 Å². The standard InChI is InChI=1S/C24H24ClFN6O3/c1-13(14-3-2-4-16(25)19(14)26)29-23(35)21-24(6-7-24)8-10-31(21)18(33)12-32-17-11-28-9-5-15(17)20(30-32)22(27)34/h2-5,9,11,13,21H,6-8,10,12H2,1H3,(H2,27,34)(H,29,35)/t13-,21-/m1/s1. The van der Waals surface area contributed by atoms with E-state index in [0.717, 1.165) is 12.8 Å². The van der Waals surface area contributed by atoms with Crippen LogP contribution >= 0.6 is 11.6 Å². The quantitative estimate of drug-likeness (QED) is 0.540. The summed E-state index contributed by atoms with van der Waals surface area (Å²) < 4.78 is 15.9. The molecule has 0 unspecified atom stereocenters. The number of primary amides is 1. The minimum atomic E-state index is -0.704. The largest absolute Gasteiger partial charge is 0.364 e. The summed E-state index contributed by atoms with van der Waals surface area (Å²) in [5.41, 5.74) is 6.02. The van der Waals surface area contributed by atoms with Gasteiger partial charge in [0.2, 0.25) is 11.8 Å². The highest BCUT2D eigenvalue weighted by atomic mass is 35.5. The van der Waals surface area contributed by atoms with Gasteiger partial charge in [-0.2, -0.15) is 5.10 Å². The lowest BCUT2D eigenvalue weighted by Crippen LogP contribution is -2.50. The Morgan fingerprint density at radius 1 is 1.29 bits per heavy atom. The summed E-state index contributed by atoms with van der Waals surface area (Å²) in [6.45, 7) is 1.94. The van der Waals surface area contributed by atoms with E-state index in [2.05, 4.69) is 15.4 Å². The van der Waals surface area contributed by atoms with Gasteiger partial charge in [0, 0.05) is 29.1 Å². The summed E-state index contributed by atoms with van der Waals surface area (Å²) >= 11 is 5.90. The van der Waals surface area contributed by atoms with Gasteiger partial charge in [-0.15, -0.1) is 0 Å². The molecule has 2 fully saturated rings. The van der Waals surface area contributed by atoms with Crippen molar-refractivity contribution in [3.8, 4) is 0 Å². The number of halogens is 2. The number of fused-ring (bicyclic) bond motifs is 1. The molecule has 3 amide bonds. The highest BCUT2D eigenvalue weighted by Crippen LogP contribution is 2.57. The minimum absolute atomic E-state index is 0.0174. The summed E-state index contributed by atoms with van der Waals surface area (Å²) in [5, 5.41) is 7.59. The molecule has 35 heavy (non-hydrogen) atoms. The van der Waals surface area contributed by atoms with Crippen LogP contribution in [0.15, 0.2) is 36.7 Å². The van der Waals surface area contributed by atoms with Crippen molar-refractivity contribution in [3.63, 3.8) is 0 Å². The fourth-order valence-electron chi connectivity index (χ4n) is 5.08. The Labute approximate surface area is 205 Å². The normalized spacial score (nSPS) is 19.2. The lowest BCUT2D eigenvalue weighted by atomic mass is 9.95. The number of hydrogen-bond acceptors (Lipinski definition) is 5. The highest BCUT2D eigenvalue weighted by molar-refractivity contribution is 6.30. The molecule has 1 aliphatic heterocycles. The van der Waals surface area contributed by atoms with Gasteiger partial charge in [-0.05, 0) is 38.3 Å². The van der Waals surface area contributed by atoms with Crippen molar-refractivity contribution in [1.29, 1.82) is 0 Å². The molecular weight excluding hydrogens is 475 g/mol.